The average molecular weight is 220 g/mol. The van der Waals surface area contributed by atoms with E-state index in [1.54, 1.807) is 0 Å². The van der Waals surface area contributed by atoms with Crippen LogP contribution in [0.1, 0.15) is 44.9 Å². The monoisotopic (exact) mass is 219 g/mol. The highest BCUT2D eigenvalue weighted by Gasteiger charge is 2.47. The van der Waals surface area contributed by atoms with E-state index in [9.17, 15) is 9.90 Å². The van der Waals surface area contributed by atoms with Crippen LogP contribution >= 0.6 is 12.4 Å². The zero-order chi connectivity index (χ0) is 9.53. The Morgan fingerprint density at radius 3 is 2.14 bits per heavy atom. The molecule has 0 aromatic carbocycles. The van der Waals surface area contributed by atoms with Crippen molar-refractivity contribution < 1.29 is 9.90 Å². The predicted molar refractivity (Wildman–Crippen MR) is 56.6 cm³/mol. The zero-order valence-corrected chi connectivity index (χ0v) is 9.11. The van der Waals surface area contributed by atoms with Crippen molar-refractivity contribution in [2.45, 2.75) is 50.5 Å². The van der Waals surface area contributed by atoms with Crippen LogP contribution in [0.5, 0.6) is 0 Å². The Labute approximate surface area is 90.5 Å². The fourth-order valence-electron chi connectivity index (χ4n) is 2.83. The number of carboxylic acids is 1. The number of halogens is 1. The van der Waals surface area contributed by atoms with Gasteiger partial charge in [0.05, 0.1) is 5.41 Å². The van der Waals surface area contributed by atoms with Gasteiger partial charge in [0.2, 0.25) is 0 Å². The zero-order valence-electron chi connectivity index (χ0n) is 8.29. The SMILES string of the molecule is Cl.NC12CCCC(C(=O)O)(CC1)CC2. The molecular weight excluding hydrogens is 202 g/mol. The lowest BCUT2D eigenvalue weighted by Crippen LogP contribution is -2.45. The van der Waals surface area contributed by atoms with E-state index in [0.717, 1.165) is 44.9 Å². The molecule has 0 aromatic heterocycles. The summed E-state index contributed by atoms with van der Waals surface area (Å²) in [5.41, 5.74) is 5.71. The summed E-state index contributed by atoms with van der Waals surface area (Å²) in [6, 6.07) is 0. The van der Waals surface area contributed by atoms with E-state index in [0.29, 0.717) is 0 Å². The third-order valence-corrected chi connectivity index (χ3v) is 3.99. The van der Waals surface area contributed by atoms with Gasteiger partial charge in [-0.05, 0) is 38.5 Å². The molecule has 0 radical (unpaired) electrons. The molecule has 14 heavy (non-hydrogen) atoms. The highest BCUT2D eigenvalue weighted by atomic mass is 35.5. The number of fused-ring (bicyclic) bond motifs is 4. The number of carbonyl (C=O) groups is 1. The van der Waals surface area contributed by atoms with Crippen LogP contribution in [0, 0.1) is 5.41 Å². The van der Waals surface area contributed by atoms with E-state index in [1.165, 1.54) is 0 Å². The molecule has 4 heteroatoms. The number of hydrogen-bond acceptors (Lipinski definition) is 2. The molecule has 0 atom stereocenters. The summed E-state index contributed by atoms with van der Waals surface area (Å²) < 4.78 is 0. The Bertz CT molecular complexity index is 234. The van der Waals surface area contributed by atoms with Gasteiger partial charge in [-0.2, -0.15) is 0 Å². The first-order valence-electron chi connectivity index (χ1n) is 5.09. The molecule has 2 bridgehead atoms. The van der Waals surface area contributed by atoms with Crippen molar-refractivity contribution >= 4 is 18.4 Å². The number of aliphatic carboxylic acids is 1. The summed E-state index contributed by atoms with van der Waals surface area (Å²) in [5, 5.41) is 9.18. The maximum absolute atomic E-state index is 11.1. The van der Waals surface area contributed by atoms with Gasteiger partial charge in [0.1, 0.15) is 0 Å². The van der Waals surface area contributed by atoms with Gasteiger partial charge in [-0.1, -0.05) is 6.42 Å². The molecule has 3 saturated carbocycles. The second kappa shape index (κ2) is 3.70. The first-order chi connectivity index (χ1) is 6.06. The normalized spacial score (nSPS) is 41.2. The molecule has 0 aromatic rings. The van der Waals surface area contributed by atoms with Crippen molar-refractivity contribution in [2.24, 2.45) is 11.1 Å². The molecule has 3 rings (SSSR count). The Morgan fingerprint density at radius 1 is 1.07 bits per heavy atom. The molecule has 0 unspecified atom stereocenters. The van der Waals surface area contributed by atoms with Crippen LogP contribution in [-0.4, -0.2) is 16.6 Å². The van der Waals surface area contributed by atoms with Crippen LogP contribution in [0.25, 0.3) is 0 Å². The van der Waals surface area contributed by atoms with Gasteiger partial charge in [0.25, 0.3) is 0 Å². The lowest BCUT2D eigenvalue weighted by molar-refractivity contribution is -0.151. The van der Waals surface area contributed by atoms with E-state index in [1.807, 2.05) is 0 Å². The maximum Gasteiger partial charge on any atom is 0.309 e. The second-order valence-electron chi connectivity index (χ2n) is 4.80. The number of carboxylic acid groups (broad SMARTS) is 1. The fraction of sp³-hybridized carbons (Fsp3) is 0.900. The van der Waals surface area contributed by atoms with Gasteiger partial charge >= 0.3 is 5.97 Å². The molecule has 0 amide bonds. The highest BCUT2D eigenvalue weighted by molar-refractivity contribution is 5.85. The van der Waals surface area contributed by atoms with E-state index < -0.39 is 11.4 Å². The van der Waals surface area contributed by atoms with E-state index >= 15 is 0 Å². The van der Waals surface area contributed by atoms with Crippen LogP contribution in [-0.2, 0) is 4.79 Å². The summed E-state index contributed by atoms with van der Waals surface area (Å²) in [7, 11) is 0. The second-order valence-corrected chi connectivity index (χ2v) is 4.80. The summed E-state index contributed by atoms with van der Waals surface area (Å²) in [4.78, 5) is 11.1. The van der Waals surface area contributed by atoms with Crippen molar-refractivity contribution in [3.05, 3.63) is 0 Å². The molecular formula is C10H18ClNO2. The highest BCUT2D eigenvalue weighted by Crippen LogP contribution is 2.48. The van der Waals surface area contributed by atoms with Crippen LogP contribution in [0.3, 0.4) is 0 Å². The molecule has 3 N–H and O–H groups in total. The number of hydrogen-bond donors (Lipinski definition) is 2. The Balaban J connectivity index is 0.000000980. The maximum atomic E-state index is 11.1. The molecule has 3 aliphatic carbocycles. The van der Waals surface area contributed by atoms with Gasteiger partial charge in [-0.3, -0.25) is 4.79 Å². The van der Waals surface area contributed by atoms with Gasteiger partial charge in [-0.15, -0.1) is 12.4 Å². The first kappa shape index (κ1) is 11.8. The van der Waals surface area contributed by atoms with Crippen LogP contribution in [0.4, 0.5) is 0 Å². The summed E-state index contributed by atoms with van der Waals surface area (Å²) in [5.74, 6) is -0.601. The third kappa shape index (κ3) is 1.75. The molecule has 0 spiro atoms. The third-order valence-electron chi connectivity index (χ3n) is 3.99. The summed E-state index contributed by atoms with van der Waals surface area (Å²) in [6.07, 6.45) is 6.22. The smallest absolute Gasteiger partial charge is 0.309 e. The topological polar surface area (TPSA) is 63.3 Å². The van der Waals surface area contributed by atoms with Crippen molar-refractivity contribution in [2.75, 3.05) is 0 Å². The van der Waals surface area contributed by atoms with Gasteiger partial charge in [0, 0.05) is 5.54 Å². The molecule has 0 aliphatic heterocycles. The van der Waals surface area contributed by atoms with Gasteiger partial charge in [0.15, 0.2) is 0 Å². The van der Waals surface area contributed by atoms with Gasteiger partial charge < -0.3 is 10.8 Å². The standard InChI is InChI=1S/C10H17NO2.ClH/c11-10-3-1-2-9(4-6-10,5-7-10)8(12)13;/h1-7,11H2,(H,12,13);1H. The Morgan fingerprint density at radius 2 is 1.64 bits per heavy atom. The lowest BCUT2D eigenvalue weighted by atomic mass is 9.69. The minimum Gasteiger partial charge on any atom is -0.481 e. The summed E-state index contributed by atoms with van der Waals surface area (Å²) in [6.45, 7) is 0. The minimum absolute atomic E-state index is 0. The quantitative estimate of drug-likeness (QED) is 0.709. The van der Waals surface area contributed by atoms with Crippen molar-refractivity contribution in [3.8, 4) is 0 Å². The Hall–Kier alpha value is -0.280. The molecule has 3 aliphatic rings. The lowest BCUT2D eigenvalue weighted by Gasteiger charge is -2.38. The predicted octanol–water partition coefficient (Wildman–Crippen LogP) is 1.93. The molecule has 82 valence electrons. The average Bonchev–Trinajstić information content (AvgIpc) is 2.34. The summed E-state index contributed by atoms with van der Waals surface area (Å²) >= 11 is 0. The van der Waals surface area contributed by atoms with Gasteiger partial charge in [-0.25, -0.2) is 0 Å². The number of rotatable bonds is 1. The molecule has 3 fully saturated rings. The van der Waals surface area contributed by atoms with Crippen molar-refractivity contribution in [1.82, 2.24) is 0 Å². The molecule has 3 nitrogen and oxygen atoms in total. The first-order valence-corrected chi connectivity index (χ1v) is 5.09. The van der Waals surface area contributed by atoms with E-state index in [-0.39, 0.29) is 17.9 Å². The molecule has 0 heterocycles. The van der Waals surface area contributed by atoms with Crippen molar-refractivity contribution in [3.63, 3.8) is 0 Å². The fourth-order valence-corrected chi connectivity index (χ4v) is 2.83. The minimum atomic E-state index is -0.601. The number of nitrogens with two attached hydrogens (primary N) is 1. The van der Waals surface area contributed by atoms with Crippen LogP contribution in [0.2, 0.25) is 0 Å². The Kier molecular flexibility index (Phi) is 3.12. The van der Waals surface area contributed by atoms with Crippen LogP contribution in [0.15, 0.2) is 0 Å². The largest absolute Gasteiger partial charge is 0.481 e. The van der Waals surface area contributed by atoms with E-state index in [4.69, 9.17) is 5.73 Å². The molecule has 0 saturated heterocycles. The van der Waals surface area contributed by atoms with E-state index in [2.05, 4.69) is 0 Å². The van der Waals surface area contributed by atoms with Crippen molar-refractivity contribution in [1.29, 1.82) is 0 Å². The van der Waals surface area contributed by atoms with Crippen LogP contribution < -0.4 is 5.73 Å².